The molecule has 0 saturated carbocycles. The Morgan fingerprint density at radius 3 is 2.73 bits per heavy atom. The first-order valence-corrected chi connectivity index (χ1v) is 4.57. The maximum atomic E-state index is 13.3. The molecule has 0 fully saturated rings. The van der Waals surface area contributed by atoms with E-state index in [2.05, 4.69) is 10.4 Å². The maximum Gasteiger partial charge on any atom is 0.208 e. The van der Waals surface area contributed by atoms with Crippen LogP contribution in [-0.4, -0.2) is 25.0 Å². The zero-order valence-electron chi connectivity index (χ0n) is 8.87. The van der Waals surface area contributed by atoms with Crippen LogP contribution < -0.4 is 11.3 Å². The minimum absolute atomic E-state index is 0.225. The van der Waals surface area contributed by atoms with E-state index < -0.39 is 0 Å². The second-order valence-electron chi connectivity index (χ2n) is 3.14. The Hall–Kier alpha value is -1.62. The Balaban J connectivity index is 2.74. The number of halogens is 1. The molecular formula is C10H15FN4. The summed E-state index contributed by atoms with van der Waals surface area (Å²) in [7, 11) is 3.40. The van der Waals surface area contributed by atoms with Crippen LogP contribution in [0.2, 0.25) is 0 Å². The molecule has 5 heteroatoms. The highest BCUT2D eigenvalue weighted by Gasteiger charge is 2.07. The fourth-order valence-electron chi connectivity index (χ4n) is 1.30. The fraction of sp³-hybridized carbons (Fsp3) is 0.300. The van der Waals surface area contributed by atoms with Gasteiger partial charge in [0.05, 0.1) is 0 Å². The maximum absolute atomic E-state index is 13.3. The average molecular weight is 210 g/mol. The summed E-state index contributed by atoms with van der Waals surface area (Å²) in [6.45, 7) is 0.420. The second kappa shape index (κ2) is 5.31. The van der Waals surface area contributed by atoms with Crippen molar-refractivity contribution in [3.63, 3.8) is 0 Å². The van der Waals surface area contributed by atoms with E-state index in [9.17, 15) is 4.39 Å². The zero-order chi connectivity index (χ0) is 11.3. The summed E-state index contributed by atoms with van der Waals surface area (Å²) >= 11 is 0. The smallest absolute Gasteiger partial charge is 0.208 e. The molecule has 0 atom stereocenters. The van der Waals surface area contributed by atoms with Gasteiger partial charge in [-0.3, -0.25) is 10.4 Å². The fourth-order valence-corrected chi connectivity index (χ4v) is 1.30. The van der Waals surface area contributed by atoms with Crippen molar-refractivity contribution in [2.75, 3.05) is 14.1 Å². The van der Waals surface area contributed by atoms with Gasteiger partial charge in [0.15, 0.2) is 0 Å². The SMILES string of the molecule is CN=C(NN)N(C)Cc1ccccc1F. The summed E-state index contributed by atoms with van der Waals surface area (Å²) in [6.07, 6.45) is 0. The van der Waals surface area contributed by atoms with Crippen molar-refractivity contribution in [2.24, 2.45) is 10.8 Å². The third-order valence-corrected chi connectivity index (χ3v) is 2.07. The van der Waals surface area contributed by atoms with Crippen molar-refractivity contribution in [3.8, 4) is 0 Å². The molecule has 0 saturated heterocycles. The van der Waals surface area contributed by atoms with Crippen LogP contribution in [0.25, 0.3) is 0 Å². The van der Waals surface area contributed by atoms with Crippen LogP contribution in [0.4, 0.5) is 4.39 Å². The zero-order valence-corrected chi connectivity index (χ0v) is 8.87. The Morgan fingerprint density at radius 2 is 2.20 bits per heavy atom. The first-order valence-electron chi connectivity index (χ1n) is 4.57. The third-order valence-electron chi connectivity index (χ3n) is 2.07. The van der Waals surface area contributed by atoms with Crippen LogP contribution in [0.15, 0.2) is 29.3 Å². The van der Waals surface area contributed by atoms with E-state index in [1.807, 2.05) is 0 Å². The first-order chi connectivity index (χ1) is 7.19. The summed E-state index contributed by atoms with van der Waals surface area (Å²) in [4.78, 5) is 5.65. The number of nitrogens with zero attached hydrogens (tertiary/aromatic N) is 2. The highest BCUT2D eigenvalue weighted by Crippen LogP contribution is 2.08. The van der Waals surface area contributed by atoms with E-state index in [4.69, 9.17) is 5.84 Å². The molecule has 3 N–H and O–H groups in total. The summed E-state index contributed by atoms with van der Waals surface area (Å²) in [5.74, 6) is 5.55. The molecule has 15 heavy (non-hydrogen) atoms. The van der Waals surface area contributed by atoms with E-state index in [1.54, 1.807) is 37.2 Å². The molecule has 1 aromatic carbocycles. The molecule has 0 amide bonds. The van der Waals surface area contributed by atoms with Crippen LogP contribution >= 0.6 is 0 Å². The lowest BCUT2D eigenvalue weighted by Crippen LogP contribution is -2.42. The Labute approximate surface area is 88.6 Å². The van der Waals surface area contributed by atoms with Crippen molar-refractivity contribution in [2.45, 2.75) is 6.54 Å². The minimum atomic E-state index is -0.225. The molecule has 0 unspecified atom stereocenters. The molecule has 0 spiro atoms. The first kappa shape index (κ1) is 11.5. The molecule has 0 aliphatic carbocycles. The average Bonchev–Trinajstić information content (AvgIpc) is 2.23. The van der Waals surface area contributed by atoms with Crippen molar-refractivity contribution < 1.29 is 4.39 Å². The van der Waals surface area contributed by atoms with Crippen molar-refractivity contribution in [3.05, 3.63) is 35.6 Å². The van der Waals surface area contributed by atoms with Crippen molar-refractivity contribution >= 4 is 5.96 Å². The number of nitrogens with one attached hydrogen (secondary N) is 1. The Morgan fingerprint density at radius 1 is 1.53 bits per heavy atom. The molecule has 0 bridgehead atoms. The predicted octanol–water partition coefficient (Wildman–Crippen LogP) is 0.707. The van der Waals surface area contributed by atoms with Gasteiger partial charge in [0.25, 0.3) is 0 Å². The molecule has 0 radical (unpaired) electrons. The van der Waals surface area contributed by atoms with E-state index >= 15 is 0 Å². The number of nitrogens with two attached hydrogens (primary N) is 1. The van der Waals surface area contributed by atoms with Gasteiger partial charge in [-0.1, -0.05) is 18.2 Å². The number of rotatable bonds is 2. The van der Waals surface area contributed by atoms with Crippen LogP contribution in [-0.2, 0) is 6.54 Å². The van der Waals surface area contributed by atoms with Gasteiger partial charge in [0, 0.05) is 26.2 Å². The lowest BCUT2D eigenvalue weighted by atomic mass is 10.2. The molecule has 0 aliphatic heterocycles. The highest BCUT2D eigenvalue weighted by atomic mass is 19.1. The molecular weight excluding hydrogens is 195 g/mol. The van der Waals surface area contributed by atoms with Crippen LogP contribution in [0.3, 0.4) is 0 Å². The summed E-state index contributed by atoms with van der Waals surface area (Å²) in [6, 6.07) is 6.62. The number of benzene rings is 1. The number of hydrazine groups is 1. The van der Waals surface area contributed by atoms with Gasteiger partial charge in [0.2, 0.25) is 5.96 Å². The van der Waals surface area contributed by atoms with Gasteiger partial charge in [-0.2, -0.15) is 0 Å². The Kier molecular flexibility index (Phi) is 4.05. The number of hydrogen-bond acceptors (Lipinski definition) is 2. The van der Waals surface area contributed by atoms with Crippen molar-refractivity contribution in [1.82, 2.24) is 10.3 Å². The summed E-state index contributed by atoms with van der Waals surface area (Å²) in [5.41, 5.74) is 3.05. The number of hydrogen-bond donors (Lipinski definition) is 2. The predicted molar refractivity (Wildman–Crippen MR) is 58.5 cm³/mol. The highest BCUT2D eigenvalue weighted by molar-refractivity contribution is 5.78. The van der Waals surface area contributed by atoms with Crippen LogP contribution in [0, 0.1) is 5.82 Å². The van der Waals surface area contributed by atoms with E-state index in [-0.39, 0.29) is 5.82 Å². The largest absolute Gasteiger partial charge is 0.341 e. The van der Waals surface area contributed by atoms with Gasteiger partial charge in [-0.05, 0) is 6.07 Å². The van der Waals surface area contributed by atoms with Gasteiger partial charge in [0.1, 0.15) is 5.82 Å². The lowest BCUT2D eigenvalue weighted by molar-refractivity contribution is 0.462. The quantitative estimate of drug-likeness (QED) is 0.327. The summed E-state index contributed by atoms with van der Waals surface area (Å²) in [5, 5.41) is 0. The van der Waals surface area contributed by atoms with E-state index in [1.165, 1.54) is 6.07 Å². The second-order valence-corrected chi connectivity index (χ2v) is 3.14. The minimum Gasteiger partial charge on any atom is -0.341 e. The Bertz CT molecular complexity index is 351. The molecule has 4 nitrogen and oxygen atoms in total. The summed E-state index contributed by atoms with van der Waals surface area (Å²) < 4.78 is 13.3. The molecule has 82 valence electrons. The molecule has 0 aliphatic rings. The van der Waals surface area contributed by atoms with Gasteiger partial charge < -0.3 is 4.90 Å². The molecule has 0 heterocycles. The topological polar surface area (TPSA) is 53.6 Å². The van der Waals surface area contributed by atoms with Crippen LogP contribution in [0.1, 0.15) is 5.56 Å². The molecule has 0 aromatic heterocycles. The van der Waals surface area contributed by atoms with E-state index in [0.29, 0.717) is 18.1 Å². The standard InChI is InChI=1S/C10H15FN4/c1-13-10(14-12)15(2)7-8-5-3-4-6-9(8)11/h3-6H,7,12H2,1-2H3,(H,13,14). The number of aliphatic imine (C=N–C) groups is 1. The van der Waals surface area contributed by atoms with Gasteiger partial charge >= 0.3 is 0 Å². The van der Waals surface area contributed by atoms with Crippen molar-refractivity contribution in [1.29, 1.82) is 0 Å². The number of guanidine groups is 1. The lowest BCUT2D eigenvalue weighted by Gasteiger charge is -2.20. The van der Waals surface area contributed by atoms with Gasteiger partial charge in [-0.15, -0.1) is 0 Å². The third kappa shape index (κ3) is 2.92. The normalized spacial score (nSPS) is 11.3. The van der Waals surface area contributed by atoms with E-state index in [0.717, 1.165) is 0 Å². The van der Waals surface area contributed by atoms with Gasteiger partial charge in [-0.25, -0.2) is 10.2 Å². The molecule has 1 aromatic rings. The van der Waals surface area contributed by atoms with Crippen LogP contribution in [0.5, 0.6) is 0 Å². The molecule has 1 rings (SSSR count). The monoisotopic (exact) mass is 210 g/mol.